The van der Waals surface area contributed by atoms with Crippen LogP contribution in [-0.4, -0.2) is 16.5 Å². The van der Waals surface area contributed by atoms with E-state index < -0.39 is 0 Å². The van der Waals surface area contributed by atoms with Crippen LogP contribution in [0.25, 0.3) is 0 Å². The van der Waals surface area contributed by atoms with Crippen molar-refractivity contribution in [1.82, 2.24) is 9.97 Å². The van der Waals surface area contributed by atoms with Crippen molar-refractivity contribution in [3.8, 4) is 0 Å². The molecule has 2 N–H and O–H groups in total. The molecule has 1 aromatic heterocycles. The standard InChI is InChI=1S/C11H17N3/c12-9-11(5-2-1-3-6-11)10-13-7-4-8-14-10/h4,7-8H,1-3,5-6,9,12H2. The summed E-state index contributed by atoms with van der Waals surface area (Å²) in [7, 11) is 0. The van der Waals surface area contributed by atoms with Gasteiger partial charge in [-0.05, 0) is 18.9 Å². The lowest BCUT2D eigenvalue weighted by Crippen LogP contribution is -2.38. The van der Waals surface area contributed by atoms with E-state index in [0.717, 1.165) is 18.7 Å². The van der Waals surface area contributed by atoms with Gasteiger partial charge in [0.25, 0.3) is 0 Å². The molecule has 3 nitrogen and oxygen atoms in total. The Labute approximate surface area is 84.8 Å². The van der Waals surface area contributed by atoms with Crippen molar-refractivity contribution in [2.24, 2.45) is 5.73 Å². The number of hydrogen-bond acceptors (Lipinski definition) is 3. The third kappa shape index (κ3) is 1.64. The number of aromatic nitrogens is 2. The predicted octanol–water partition coefficient (Wildman–Crippen LogP) is 1.64. The number of hydrogen-bond donors (Lipinski definition) is 1. The normalized spacial score (nSPS) is 20.6. The molecule has 0 saturated heterocycles. The molecule has 1 aliphatic carbocycles. The highest BCUT2D eigenvalue weighted by Crippen LogP contribution is 2.36. The van der Waals surface area contributed by atoms with Gasteiger partial charge < -0.3 is 5.73 Å². The van der Waals surface area contributed by atoms with Crippen molar-refractivity contribution in [2.45, 2.75) is 37.5 Å². The second-order valence-corrected chi connectivity index (χ2v) is 4.12. The zero-order valence-electron chi connectivity index (χ0n) is 8.45. The minimum atomic E-state index is 0.0690. The van der Waals surface area contributed by atoms with Gasteiger partial charge in [0.1, 0.15) is 5.82 Å². The molecular formula is C11H17N3. The summed E-state index contributed by atoms with van der Waals surface area (Å²) in [5.74, 6) is 0.946. The molecule has 0 atom stereocenters. The molecule has 1 saturated carbocycles. The molecule has 3 heteroatoms. The lowest BCUT2D eigenvalue weighted by atomic mass is 9.73. The first kappa shape index (κ1) is 9.59. The van der Waals surface area contributed by atoms with Gasteiger partial charge in [-0.2, -0.15) is 0 Å². The molecule has 0 spiro atoms. The molecule has 1 fully saturated rings. The van der Waals surface area contributed by atoms with Crippen molar-refractivity contribution < 1.29 is 0 Å². The Bertz CT molecular complexity index is 278. The first-order valence-corrected chi connectivity index (χ1v) is 5.35. The molecule has 14 heavy (non-hydrogen) atoms. The fourth-order valence-corrected chi connectivity index (χ4v) is 2.32. The van der Waals surface area contributed by atoms with Gasteiger partial charge in [0, 0.05) is 24.4 Å². The maximum atomic E-state index is 5.89. The van der Waals surface area contributed by atoms with E-state index in [1.807, 2.05) is 18.5 Å². The number of rotatable bonds is 2. The van der Waals surface area contributed by atoms with E-state index in [1.54, 1.807) is 0 Å². The average molecular weight is 191 g/mol. The van der Waals surface area contributed by atoms with Crippen LogP contribution in [-0.2, 0) is 5.41 Å². The van der Waals surface area contributed by atoms with Crippen molar-refractivity contribution in [3.05, 3.63) is 24.3 Å². The van der Waals surface area contributed by atoms with Crippen LogP contribution in [0.15, 0.2) is 18.5 Å². The second kappa shape index (κ2) is 4.05. The van der Waals surface area contributed by atoms with E-state index in [1.165, 1.54) is 19.3 Å². The fraction of sp³-hybridized carbons (Fsp3) is 0.636. The Morgan fingerprint density at radius 2 is 1.79 bits per heavy atom. The monoisotopic (exact) mass is 191 g/mol. The Morgan fingerprint density at radius 1 is 1.14 bits per heavy atom. The van der Waals surface area contributed by atoms with Gasteiger partial charge in [-0.1, -0.05) is 19.3 Å². The predicted molar refractivity (Wildman–Crippen MR) is 55.8 cm³/mol. The van der Waals surface area contributed by atoms with Crippen molar-refractivity contribution in [3.63, 3.8) is 0 Å². The smallest absolute Gasteiger partial charge is 0.135 e. The van der Waals surface area contributed by atoms with Crippen LogP contribution in [0.2, 0.25) is 0 Å². The second-order valence-electron chi connectivity index (χ2n) is 4.12. The minimum absolute atomic E-state index is 0.0690. The summed E-state index contributed by atoms with van der Waals surface area (Å²) in [5.41, 5.74) is 5.96. The minimum Gasteiger partial charge on any atom is -0.329 e. The lowest BCUT2D eigenvalue weighted by molar-refractivity contribution is 0.285. The van der Waals surface area contributed by atoms with Crippen LogP contribution in [0.3, 0.4) is 0 Å². The highest BCUT2D eigenvalue weighted by atomic mass is 14.9. The SMILES string of the molecule is NCC1(c2ncccn2)CCCCC1. The van der Waals surface area contributed by atoms with Crippen molar-refractivity contribution in [1.29, 1.82) is 0 Å². The van der Waals surface area contributed by atoms with Crippen LogP contribution in [0, 0.1) is 0 Å². The van der Waals surface area contributed by atoms with Gasteiger partial charge in [0.05, 0.1) is 0 Å². The number of nitrogens with two attached hydrogens (primary N) is 1. The summed E-state index contributed by atoms with van der Waals surface area (Å²) in [6, 6.07) is 1.86. The van der Waals surface area contributed by atoms with Crippen LogP contribution in [0.1, 0.15) is 37.9 Å². The van der Waals surface area contributed by atoms with Gasteiger partial charge >= 0.3 is 0 Å². The first-order chi connectivity index (χ1) is 6.87. The Hall–Kier alpha value is -0.960. The molecule has 0 unspecified atom stereocenters. The zero-order valence-corrected chi connectivity index (χ0v) is 8.45. The zero-order chi connectivity index (χ0) is 9.86. The van der Waals surface area contributed by atoms with Crippen molar-refractivity contribution >= 4 is 0 Å². The average Bonchev–Trinajstić information content (AvgIpc) is 2.31. The van der Waals surface area contributed by atoms with Crippen LogP contribution in [0.4, 0.5) is 0 Å². The molecule has 0 bridgehead atoms. The van der Waals surface area contributed by atoms with Gasteiger partial charge in [-0.25, -0.2) is 9.97 Å². The van der Waals surface area contributed by atoms with Gasteiger partial charge in [0.15, 0.2) is 0 Å². The molecule has 0 amide bonds. The molecule has 0 radical (unpaired) electrons. The van der Waals surface area contributed by atoms with Gasteiger partial charge in [-0.3, -0.25) is 0 Å². The summed E-state index contributed by atoms with van der Waals surface area (Å²) in [6.07, 6.45) is 9.77. The lowest BCUT2D eigenvalue weighted by Gasteiger charge is -2.34. The van der Waals surface area contributed by atoms with E-state index in [9.17, 15) is 0 Å². The highest BCUT2D eigenvalue weighted by Gasteiger charge is 2.34. The van der Waals surface area contributed by atoms with Crippen LogP contribution >= 0.6 is 0 Å². The van der Waals surface area contributed by atoms with E-state index in [4.69, 9.17) is 5.73 Å². The summed E-state index contributed by atoms with van der Waals surface area (Å²) < 4.78 is 0. The van der Waals surface area contributed by atoms with Crippen molar-refractivity contribution in [2.75, 3.05) is 6.54 Å². The summed E-state index contributed by atoms with van der Waals surface area (Å²) >= 11 is 0. The molecule has 2 rings (SSSR count). The molecule has 1 aliphatic rings. The Morgan fingerprint density at radius 3 is 2.36 bits per heavy atom. The van der Waals surface area contributed by atoms with E-state index in [0.29, 0.717) is 6.54 Å². The van der Waals surface area contributed by atoms with E-state index >= 15 is 0 Å². The largest absolute Gasteiger partial charge is 0.329 e. The maximum Gasteiger partial charge on any atom is 0.135 e. The Balaban J connectivity index is 2.27. The highest BCUT2D eigenvalue weighted by molar-refractivity contribution is 5.10. The van der Waals surface area contributed by atoms with Crippen LogP contribution < -0.4 is 5.73 Å². The molecular weight excluding hydrogens is 174 g/mol. The summed E-state index contributed by atoms with van der Waals surface area (Å²) in [6.45, 7) is 0.678. The number of nitrogens with zero attached hydrogens (tertiary/aromatic N) is 2. The van der Waals surface area contributed by atoms with Crippen LogP contribution in [0.5, 0.6) is 0 Å². The Kier molecular flexibility index (Phi) is 2.77. The first-order valence-electron chi connectivity index (χ1n) is 5.35. The third-order valence-corrected chi connectivity index (χ3v) is 3.24. The third-order valence-electron chi connectivity index (χ3n) is 3.24. The molecule has 1 aromatic rings. The topological polar surface area (TPSA) is 51.8 Å². The molecule has 1 heterocycles. The maximum absolute atomic E-state index is 5.89. The molecule has 76 valence electrons. The molecule has 0 aromatic carbocycles. The van der Waals surface area contributed by atoms with E-state index in [-0.39, 0.29) is 5.41 Å². The fourth-order valence-electron chi connectivity index (χ4n) is 2.32. The summed E-state index contributed by atoms with van der Waals surface area (Å²) in [5, 5.41) is 0. The van der Waals surface area contributed by atoms with E-state index in [2.05, 4.69) is 9.97 Å². The van der Waals surface area contributed by atoms with Gasteiger partial charge in [-0.15, -0.1) is 0 Å². The molecule has 0 aliphatic heterocycles. The van der Waals surface area contributed by atoms with Gasteiger partial charge in [0.2, 0.25) is 0 Å². The summed E-state index contributed by atoms with van der Waals surface area (Å²) in [4.78, 5) is 8.71. The quantitative estimate of drug-likeness (QED) is 0.773.